The van der Waals surface area contributed by atoms with Crippen LogP contribution in [0.25, 0.3) is 11.1 Å². The van der Waals surface area contributed by atoms with Crippen molar-refractivity contribution in [2.45, 2.75) is 52.3 Å². The van der Waals surface area contributed by atoms with E-state index in [0.29, 0.717) is 0 Å². The van der Waals surface area contributed by atoms with E-state index in [1.165, 1.54) is 15.9 Å². The minimum Gasteiger partial charge on any atom is -0.454 e. The highest BCUT2D eigenvalue weighted by Gasteiger charge is 2.34. The van der Waals surface area contributed by atoms with Gasteiger partial charge in [-0.1, -0.05) is 106 Å². The number of hydrogen-bond acceptors (Lipinski definition) is 3. The lowest BCUT2D eigenvalue weighted by Gasteiger charge is -2.35. The molecule has 0 spiro atoms. The van der Waals surface area contributed by atoms with Gasteiger partial charge in [0.05, 0.1) is 15.7 Å². The van der Waals surface area contributed by atoms with Crippen molar-refractivity contribution in [1.29, 1.82) is 0 Å². The van der Waals surface area contributed by atoms with E-state index >= 15 is 0 Å². The molecule has 5 rings (SSSR count). The molecule has 40 heavy (non-hydrogen) atoms. The van der Waals surface area contributed by atoms with Gasteiger partial charge in [0.2, 0.25) is 6.79 Å². The number of benzene rings is 4. The molecule has 4 nitrogen and oxygen atoms in total. The maximum absolute atomic E-state index is 13.4. The number of fused-ring (bicyclic) bond motifs is 1. The third kappa shape index (κ3) is 6.02. The summed E-state index contributed by atoms with van der Waals surface area (Å²) in [5.41, 5.74) is 3.13. The highest BCUT2D eigenvalue weighted by molar-refractivity contribution is 7.84. The van der Waals surface area contributed by atoms with E-state index in [9.17, 15) is 4.21 Å². The third-order valence-corrected chi connectivity index (χ3v) is 11.0. The van der Waals surface area contributed by atoms with E-state index in [2.05, 4.69) is 123 Å². The summed E-state index contributed by atoms with van der Waals surface area (Å²) in [5, 5.41) is 3.73. The van der Waals surface area contributed by atoms with Crippen LogP contribution in [0.5, 0.6) is 11.5 Å². The third-order valence-electron chi connectivity index (χ3n) is 6.97. The van der Waals surface area contributed by atoms with Gasteiger partial charge in [-0.25, -0.2) is 8.93 Å². The standard InChI is InChI=1S/C34H38NO3PS/c1-33(2,3)32(35-40(36)34(4,5)6)27-20-14-13-19-26(27)28-21-29-30(38-23-37-29)22-31(28)39(24-15-9-7-10-16-24)25-17-11-8-12-18-25/h7-22,32,35H,23H2,1-6H3. The first-order valence-electron chi connectivity index (χ1n) is 13.7. The summed E-state index contributed by atoms with van der Waals surface area (Å²) in [7, 11) is -2.15. The number of nitrogens with one attached hydrogen (secondary N) is 1. The van der Waals surface area contributed by atoms with E-state index in [4.69, 9.17) is 9.47 Å². The van der Waals surface area contributed by atoms with Crippen molar-refractivity contribution >= 4 is 34.8 Å². The predicted octanol–water partition coefficient (Wildman–Crippen LogP) is 6.98. The Kier molecular flexibility index (Phi) is 8.20. The monoisotopic (exact) mass is 571 g/mol. The molecule has 2 atom stereocenters. The quantitative estimate of drug-likeness (QED) is 0.244. The Bertz CT molecular complexity index is 1450. The molecule has 0 bridgehead atoms. The summed E-state index contributed by atoms with van der Waals surface area (Å²) in [4.78, 5) is 0. The molecular formula is C34H38NO3PS. The molecule has 0 radical (unpaired) electrons. The van der Waals surface area contributed by atoms with Gasteiger partial charge in [0.25, 0.3) is 0 Å². The normalized spacial score (nSPS) is 14.8. The van der Waals surface area contributed by atoms with Crippen LogP contribution in [0.15, 0.2) is 97.1 Å². The minimum atomic E-state index is -1.24. The van der Waals surface area contributed by atoms with E-state index in [0.717, 1.165) is 28.2 Å². The van der Waals surface area contributed by atoms with Crippen molar-refractivity contribution in [2.75, 3.05) is 6.79 Å². The topological polar surface area (TPSA) is 47.6 Å². The lowest BCUT2D eigenvalue weighted by molar-refractivity contribution is 0.174. The molecule has 1 aliphatic heterocycles. The summed E-state index contributed by atoms with van der Waals surface area (Å²) in [6.45, 7) is 12.8. The van der Waals surface area contributed by atoms with Crippen LogP contribution in [0.1, 0.15) is 53.1 Å². The number of hydrogen-bond donors (Lipinski definition) is 1. The average molecular weight is 572 g/mol. The molecule has 4 aromatic rings. The van der Waals surface area contributed by atoms with Gasteiger partial charge in [-0.3, -0.25) is 0 Å². The van der Waals surface area contributed by atoms with E-state index in [1.54, 1.807) is 0 Å². The molecule has 0 aromatic heterocycles. The fraction of sp³-hybridized carbons (Fsp3) is 0.294. The molecule has 4 aromatic carbocycles. The summed E-state index contributed by atoms with van der Waals surface area (Å²) in [6.07, 6.45) is 0. The van der Waals surface area contributed by atoms with Crippen LogP contribution in [0, 0.1) is 5.41 Å². The van der Waals surface area contributed by atoms with Crippen LogP contribution in [-0.4, -0.2) is 15.7 Å². The van der Waals surface area contributed by atoms with Gasteiger partial charge in [0, 0.05) is 6.04 Å². The Hall–Kier alpha value is -2.98. The van der Waals surface area contributed by atoms with Crippen molar-refractivity contribution in [3.8, 4) is 22.6 Å². The van der Waals surface area contributed by atoms with Gasteiger partial charge in [-0.05, 0) is 78.8 Å². The van der Waals surface area contributed by atoms with Crippen molar-refractivity contribution in [2.24, 2.45) is 5.41 Å². The maximum Gasteiger partial charge on any atom is 0.231 e. The zero-order valence-electron chi connectivity index (χ0n) is 24.1. The van der Waals surface area contributed by atoms with Crippen molar-refractivity contribution in [1.82, 2.24) is 4.72 Å². The average Bonchev–Trinajstić information content (AvgIpc) is 3.39. The van der Waals surface area contributed by atoms with Gasteiger partial charge >= 0.3 is 0 Å². The summed E-state index contributed by atoms with van der Waals surface area (Å²) in [6, 6.07) is 34.1. The van der Waals surface area contributed by atoms with Crippen molar-refractivity contribution < 1.29 is 13.7 Å². The van der Waals surface area contributed by atoms with Gasteiger partial charge in [0.1, 0.15) is 0 Å². The molecule has 1 N–H and O–H groups in total. The van der Waals surface area contributed by atoms with Gasteiger partial charge < -0.3 is 9.47 Å². The van der Waals surface area contributed by atoms with Crippen LogP contribution < -0.4 is 30.1 Å². The highest BCUT2D eigenvalue weighted by atomic mass is 32.2. The van der Waals surface area contributed by atoms with Crippen molar-refractivity contribution in [3.63, 3.8) is 0 Å². The lowest BCUT2D eigenvalue weighted by atomic mass is 9.80. The Morgan fingerprint density at radius 1 is 0.725 bits per heavy atom. The smallest absolute Gasteiger partial charge is 0.231 e. The van der Waals surface area contributed by atoms with Gasteiger partial charge in [-0.15, -0.1) is 0 Å². The van der Waals surface area contributed by atoms with Crippen LogP contribution in [-0.2, 0) is 11.0 Å². The molecule has 208 valence electrons. The van der Waals surface area contributed by atoms with E-state index < -0.39 is 23.7 Å². The van der Waals surface area contributed by atoms with Gasteiger partial charge in [-0.2, -0.15) is 0 Å². The Morgan fingerprint density at radius 2 is 1.25 bits per heavy atom. The minimum absolute atomic E-state index is 0.151. The molecule has 0 saturated carbocycles. The molecule has 6 heteroatoms. The first-order chi connectivity index (χ1) is 19.0. The SMILES string of the molecule is CC(C)(C)C(NS(=O)C(C)(C)C)c1ccccc1-c1cc2c(cc1P(c1ccccc1)c1ccccc1)OCO2. The van der Waals surface area contributed by atoms with Crippen LogP contribution in [0.4, 0.5) is 0 Å². The molecule has 0 fully saturated rings. The van der Waals surface area contributed by atoms with Crippen LogP contribution >= 0.6 is 7.92 Å². The predicted molar refractivity (Wildman–Crippen MR) is 170 cm³/mol. The first-order valence-corrected chi connectivity index (χ1v) is 16.1. The fourth-order valence-corrected chi connectivity index (χ4v) is 8.41. The molecule has 1 aliphatic rings. The number of ether oxygens (including phenoxy) is 2. The van der Waals surface area contributed by atoms with Gasteiger partial charge in [0.15, 0.2) is 11.5 Å². The van der Waals surface area contributed by atoms with Crippen LogP contribution in [0.3, 0.4) is 0 Å². The fourth-order valence-electron chi connectivity index (χ4n) is 4.90. The highest BCUT2D eigenvalue weighted by Crippen LogP contribution is 2.46. The summed E-state index contributed by atoms with van der Waals surface area (Å²) < 4.78 is 28.3. The molecule has 2 unspecified atom stereocenters. The first kappa shape index (κ1) is 28.5. The second kappa shape index (κ2) is 11.5. The van der Waals surface area contributed by atoms with Crippen LogP contribution in [0.2, 0.25) is 0 Å². The molecule has 0 amide bonds. The molecular weight excluding hydrogens is 533 g/mol. The zero-order chi connectivity index (χ0) is 28.5. The van der Waals surface area contributed by atoms with E-state index in [-0.39, 0.29) is 18.2 Å². The maximum atomic E-state index is 13.4. The molecule has 0 aliphatic carbocycles. The second-order valence-electron chi connectivity index (χ2n) is 12.1. The summed E-state index contributed by atoms with van der Waals surface area (Å²) >= 11 is 0. The largest absolute Gasteiger partial charge is 0.454 e. The Labute approximate surface area is 242 Å². The summed E-state index contributed by atoms with van der Waals surface area (Å²) in [5.74, 6) is 1.53. The molecule has 1 heterocycles. The Balaban J connectivity index is 1.76. The second-order valence-corrected chi connectivity index (χ2v) is 16.3. The zero-order valence-corrected chi connectivity index (χ0v) is 25.8. The number of rotatable bonds is 7. The van der Waals surface area contributed by atoms with E-state index in [1.807, 2.05) is 20.8 Å². The van der Waals surface area contributed by atoms with Crippen molar-refractivity contribution in [3.05, 3.63) is 103 Å². The lowest BCUT2D eigenvalue weighted by Crippen LogP contribution is -2.40. The molecule has 0 saturated heterocycles. The Morgan fingerprint density at radius 3 is 1.80 bits per heavy atom.